The summed E-state index contributed by atoms with van der Waals surface area (Å²) in [5.41, 5.74) is 1.25. The van der Waals surface area contributed by atoms with Gasteiger partial charge in [-0.3, -0.25) is 4.34 Å². The van der Waals surface area contributed by atoms with Gasteiger partial charge in [0.05, 0.1) is 12.1 Å². The molecule has 2 aromatic rings. The maximum absolute atomic E-state index is 5.99. The summed E-state index contributed by atoms with van der Waals surface area (Å²) in [7, 11) is -0.732. The SMILES string of the molecule is CCOP(N(CC)CC)n1ccc2ccccc21. The minimum absolute atomic E-state index is 0.732. The Labute approximate surface area is 110 Å². The number of aromatic nitrogens is 1. The molecule has 4 heteroatoms. The van der Waals surface area contributed by atoms with Crippen molar-refractivity contribution in [1.29, 1.82) is 0 Å². The normalized spacial score (nSPS) is 13.3. The minimum atomic E-state index is -0.732. The molecular weight excluding hydrogens is 243 g/mol. The molecule has 0 aliphatic rings. The van der Waals surface area contributed by atoms with E-state index in [-0.39, 0.29) is 0 Å². The van der Waals surface area contributed by atoms with Gasteiger partial charge in [-0.05, 0) is 24.4 Å². The lowest BCUT2D eigenvalue weighted by molar-refractivity contribution is 0.324. The molecule has 0 amide bonds. The van der Waals surface area contributed by atoms with E-state index in [1.54, 1.807) is 0 Å². The molecule has 98 valence electrons. The second-order valence-electron chi connectivity index (χ2n) is 4.03. The molecule has 2 rings (SSSR count). The zero-order valence-corrected chi connectivity index (χ0v) is 12.2. The van der Waals surface area contributed by atoms with Crippen LogP contribution < -0.4 is 0 Å². The van der Waals surface area contributed by atoms with Crippen LogP contribution >= 0.6 is 8.45 Å². The first-order chi connectivity index (χ1) is 8.81. The molecule has 0 N–H and O–H groups in total. The Kier molecular flexibility index (Phi) is 4.76. The highest BCUT2D eigenvalue weighted by Gasteiger charge is 2.20. The summed E-state index contributed by atoms with van der Waals surface area (Å²) in [5, 5.41) is 1.27. The third kappa shape index (κ3) is 2.59. The first-order valence-electron chi connectivity index (χ1n) is 6.56. The lowest BCUT2D eigenvalue weighted by Gasteiger charge is -2.29. The summed E-state index contributed by atoms with van der Waals surface area (Å²) in [6.45, 7) is 9.19. The Hall–Kier alpha value is -0.890. The number of fused-ring (bicyclic) bond motifs is 1. The summed E-state index contributed by atoms with van der Waals surface area (Å²) >= 11 is 0. The number of rotatable bonds is 6. The fourth-order valence-corrected chi connectivity index (χ4v) is 3.90. The zero-order chi connectivity index (χ0) is 13.0. The average Bonchev–Trinajstić information content (AvgIpc) is 2.83. The van der Waals surface area contributed by atoms with Crippen LogP contribution in [0.15, 0.2) is 36.5 Å². The van der Waals surface area contributed by atoms with Crippen LogP contribution in [0.2, 0.25) is 0 Å². The highest BCUT2D eigenvalue weighted by Crippen LogP contribution is 2.45. The number of hydrogen-bond donors (Lipinski definition) is 0. The van der Waals surface area contributed by atoms with Gasteiger partial charge in [0.1, 0.15) is 0 Å². The standard InChI is InChI=1S/C14H21N2OP/c1-4-15(5-2)18(17-6-3)16-12-11-13-9-7-8-10-14(13)16/h7-12H,4-6H2,1-3H3. The van der Waals surface area contributed by atoms with Gasteiger partial charge in [-0.15, -0.1) is 0 Å². The third-order valence-electron chi connectivity index (χ3n) is 2.98. The molecule has 0 saturated heterocycles. The summed E-state index contributed by atoms with van der Waals surface area (Å²) in [6, 6.07) is 10.6. The summed E-state index contributed by atoms with van der Waals surface area (Å²) in [4.78, 5) is 0. The molecule has 1 atom stereocenters. The van der Waals surface area contributed by atoms with E-state index >= 15 is 0 Å². The molecule has 0 aliphatic carbocycles. The molecule has 18 heavy (non-hydrogen) atoms. The Morgan fingerprint density at radius 3 is 2.50 bits per heavy atom. The van der Waals surface area contributed by atoms with Gasteiger partial charge in [-0.1, -0.05) is 32.0 Å². The van der Waals surface area contributed by atoms with Gasteiger partial charge in [-0.25, -0.2) is 4.67 Å². The fourth-order valence-electron chi connectivity index (χ4n) is 2.08. The molecule has 0 radical (unpaired) electrons. The van der Waals surface area contributed by atoms with Crippen molar-refractivity contribution in [3.05, 3.63) is 36.5 Å². The topological polar surface area (TPSA) is 17.4 Å². The number of para-hydroxylation sites is 1. The predicted molar refractivity (Wildman–Crippen MR) is 78.8 cm³/mol. The lowest BCUT2D eigenvalue weighted by Crippen LogP contribution is -2.21. The van der Waals surface area contributed by atoms with Gasteiger partial charge >= 0.3 is 0 Å². The van der Waals surface area contributed by atoms with E-state index < -0.39 is 8.45 Å². The van der Waals surface area contributed by atoms with E-state index in [4.69, 9.17) is 4.52 Å². The number of nitrogens with zero attached hydrogens (tertiary/aromatic N) is 2. The molecule has 1 unspecified atom stereocenters. The third-order valence-corrected chi connectivity index (χ3v) is 5.24. The first-order valence-corrected chi connectivity index (χ1v) is 7.72. The van der Waals surface area contributed by atoms with Crippen LogP contribution in [0, 0.1) is 0 Å². The van der Waals surface area contributed by atoms with Crippen LogP contribution in [0.5, 0.6) is 0 Å². The zero-order valence-electron chi connectivity index (χ0n) is 11.3. The van der Waals surface area contributed by atoms with E-state index in [0.717, 1.165) is 19.7 Å². The average molecular weight is 264 g/mol. The van der Waals surface area contributed by atoms with Crippen molar-refractivity contribution in [2.45, 2.75) is 20.8 Å². The second-order valence-corrected chi connectivity index (χ2v) is 5.79. The quantitative estimate of drug-likeness (QED) is 0.731. The van der Waals surface area contributed by atoms with Gasteiger partial charge in [0.15, 0.2) is 0 Å². The maximum Gasteiger partial charge on any atom is 0.222 e. The van der Waals surface area contributed by atoms with Crippen LogP contribution in [-0.4, -0.2) is 28.7 Å². The van der Waals surface area contributed by atoms with Crippen LogP contribution in [0.4, 0.5) is 0 Å². The molecule has 0 saturated carbocycles. The lowest BCUT2D eigenvalue weighted by atomic mass is 10.3. The molecule has 0 bridgehead atoms. The largest absolute Gasteiger partial charge is 0.327 e. The van der Waals surface area contributed by atoms with Crippen molar-refractivity contribution in [3.63, 3.8) is 0 Å². The van der Waals surface area contributed by atoms with E-state index in [2.05, 4.69) is 66.3 Å². The van der Waals surface area contributed by atoms with Gasteiger partial charge in [0, 0.05) is 19.3 Å². The molecule has 1 heterocycles. The van der Waals surface area contributed by atoms with Gasteiger partial charge < -0.3 is 4.52 Å². The van der Waals surface area contributed by atoms with E-state index in [1.165, 1.54) is 10.9 Å². The number of benzene rings is 1. The van der Waals surface area contributed by atoms with Crippen LogP contribution in [0.25, 0.3) is 10.9 Å². The molecule has 1 aromatic heterocycles. The van der Waals surface area contributed by atoms with Crippen molar-refractivity contribution in [3.8, 4) is 0 Å². The van der Waals surface area contributed by atoms with Crippen LogP contribution in [0.3, 0.4) is 0 Å². The summed E-state index contributed by atoms with van der Waals surface area (Å²) < 4.78 is 10.7. The Morgan fingerprint density at radius 2 is 1.83 bits per heavy atom. The Morgan fingerprint density at radius 1 is 1.11 bits per heavy atom. The van der Waals surface area contributed by atoms with Gasteiger partial charge in [0.25, 0.3) is 0 Å². The number of hydrogen-bond acceptors (Lipinski definition) is 2. The second kappa shape index (κ2) is 6.33. The van der Waals surface area contributed by atoms with E-state index in [0.29, 0.717) is 0 Å². The smallest absolute Gasteiger partial charge is 0.222 e. The van der Waals surface area contributed by atoms with Crippen LogP contribution in [0.1, 0.15) is 20.8 Å². The van der Waals surface area contributed by atoms with Crippen molar-refractivity contribution >= 4 is 19.4 Å². The minimum Gasteiger partial charge on any atom is -0.327 e. The molecule has 3 nitrogen and oxygen atoms in total. The highest BCUT2D eigenvalue weighted by molar-refractivity contribution is 7.48. The van der Waals surface area contributed by atoms with Crippen molar-refractivity contribution in [1.82, 2.24) is 9.01 Å². The van der Waals surface area contributed by atoms with E-state index in [9.17, 15) is 0 Å². The Bertz CT molecular complexity index is 493. The maximum atomic E-state index is 5.99. The van der Waals surface area contributed by atoms with E-state index in [1.807, 2.05) is 0 Å². The Balaban J connectivity index is 2.41. The first kappa shape index (κ1) is 13.5. The monoisotopic (exact) mass is 264 g/mol. The molecule has 0 aliphatic heterocycles. The van der Waals surface area contributed by atoms with Crippen molar-refractivity contribution in [2.75, 3.05) is 19.7 Å². The van der Waals surface area contributed by atoms with Gasteiger partial charge in [-0.2, -0.15) is 0 Å². The summed E-state index contributed by atoms with van der Waals surface area (Å²) in [6.07, 6.45) is 2.14. The highest BCUT2D eigenvalue weighted by atomic mass is 31.2. The molecule has 0 fully saturated rings. The van der Waals surface area contributed by atoms with Gasteiger partial charge in [0.2, 0.25) is 8.45 Å². The molecular formula is C14H21N2OP. The van der Waals surface area contributed by atoms with Crippen molar-refractivity contribution in [2.24, 2.45) is 0 Å². The summed E-state index contributed by atoms with van der Waals surface area (Å²) in [5.74, 6) is 0. The fraction of sp³-hybridized carbons (Fsp3) is 0.429. The molecule has 0 spiro atoms. The van der Waals surface area contributed by atoms with Crippen molar-refractivity contribution < 1.29 is 4.52 Å². The van der Waals surface area contributed by atoms with Crippen LogP contribution in [-0.2, 0) is 4.52 Å². The molecule has 1 aromatic carbocycles. The predicted octanol–water partition coefficient (Wildman–Crippen LogP) is 4.09.